The van der Waals surface area contributed by atoms with Crippen LogP contribution in [0.3, 0.4) is 0 Å². The molecule has 54 heavy (non-hydrogen) atoms. The summed E-state index contributed by atoms with van der Waals surface area (Å²) in [5.41, 5.74) is -2.78. The quantitative estimate of drug-likeness (QED) is 0.0655. The van der Waals surface area contributed by atoms with E-state index in [1.54, 1.807) is 0 Å². The summed E-state index contributed by atoms with van der Waals surface area (Å²) in [6, 6.07) is -4.64. The number of methoxy groups -OCH3 is 1. The van der Waals surface area contributed by atoms with Gasteiger partial charge in [-0.25, -0.2) is 9.59 Å². The van der Waals surface area contributed by atoms with Gasteiger partial charge in [0.05, 0.1) is 13.0 Å². The minimum atomic E-state index is -8.94. The first-order valence-corrected chi connectivity index (χ1v) is 14.9. The number of halogens is 17. The van der Waals surface area contributed by atoms with Crippen LogP contribution in [0.2, 0.25) is 0 Å². The van der Waals surface area contributed by atoms with Gasteiger partial charge in [0.25, 0.3) is 0 Å². The van der Waals surface area contributed by atoms with Crippen molar-refractivity contribution in [1.82, 2.24) is 10.6 Å². The van der Waals surface area contributed by atoms with E-state index < -0.39 is 108 Å². The number of alkyl carbamates (subject to hydrolysis) is 2. The lowest BCUT2D eigenvalue weighted by Gasteiger charge is -2.43. The Morgan fingerprint density at radius 2 is 0.944 bits per heavy atom. The molecule has 0 aromatic rings. The van der Waals surface area contributed by atoms with E-state index in [9.17, 15) is 85.0 Å². The molecule has 2 amide bonds. The van der Waals surface area contributed by atoms with E-state index in [2.05, 4.69) is 14.8 Å². The van der Waals surface area contributed by atoms with Crippen molar-refractivity contribution in [1.29, 1.82) is 0 Å². The lowest BCUT2D eigenvalue weighted by Crippen LogP contribution is -2.76. The van der Waals surface area contributed by atoms with Crippen molar-refractivity contribution in [3.8, 4) is 0 Å². The third-order valence-electron chi connectivity index (χ3n) is 6.72. The van der Waals surface area contributed by atoms with Crippen molar-refractivity contribution in [3.63, 3.8) is 0 Å². The van der Waals surface area contributed by atoms with Crippen LogP contribution >= 0.6 is 0 Å². The first-order chi connectivity index (χ1) is 23.6. The smallest absolute Gasteiger partial charge is 0.460 e. The number of nitrogens with one attached hydrogen (secondary N) is 2. The summed E-state index contributed by atoms with van der Waals surface area (Å²) in [5.74, 6) is -65.7. The van der Waals surface area contributed by atoms with Crippen molar-refractivity contribution < 1.29 is 108 Å². The Labute approximate surface area is 294 Å². The van der Waals surface area contributed by atoms with Gasteiger partial charge in [0.2, 0.25) is 0 Å². The molecule has 0 rings (SSSR count). The number of Topliss-reactive ketones (excluding diaryl/α,β-unsaturated/α-hetero) is 1. The van der Waals surface area contributed by atoms with Crippen LogP contribution in [0.1, 0.15) is 67.2 Å². The molecule has 9 nitrogen and oxygen atoms in total. The Bertz CT molecular complexity index is 1340. The molecule has 318 valence electrons. The molecule has 0 saturated heterocycles. The predicted octanol–water partition coefficient (Wildman–Crippen LogP) is 8.33. The Morgan fingerprint density at radius 1 is 0.556 bits per heavy atom. The first-order valence-electron chi connectivity index (χ1n) is 14.9. The van der Waals surface area contributed by atoms with Gasteiger partial charge in [0.1, 0.15) is 11.2 Å². The van der Waals surface area contributed by atoms with Crippen molar-refractivity contribution in [3.05, 3.63) is 0 Å². The number of esters is 1. The van der Waals surface area contributed by atoms with E-state index in [-0.39, 0.29) is 19.4 Å². The zero-order valence-corrected chi connectivity index (χ0v) is 29.0. The molecule has 0 bridgehead atoms. The Kier molecular flexibility index (Phi) is 15.2. The topological polar surface area (TPSA) is 120 Å². The van der Waals surface area contributed by atoms with Crippen molar-refractivity contribution in [2.75, 3.05) is 13.7 Å². The van der Waals surface area contributed by atoms with E-state index in [1.807, 2.05) is 0 Å². The van der Waals surface area contributed by atoms with Crippen LogP contribution in [0, 0.1) is 5.92 Å². The fourth-order valence-corrected chi connectivity index (χ4v) is 4.01. The van der Waals surface area contributed by atoms with Gasteiger partial charge in [-0.15, -0.1) is 0 Å². The molecule has 0 aromatic heterocycles. The van der Waals surface area contributed by atoms with Crippen LogP contribution in [-0.4, -0.2) is 102 Å². The summed E-state index contributed by atoms with van der Waals surface area (Å²) in [5, 5.41) is 2.82. The maximum atomic E-state index is 15.3. The monoisotopic (exact) mass is 834 g/mol. The van der Waals surface area contributed by atoms with Crippen LogP contribution < -0.4 is 10.6 Å². The third-order valence-corrected chi connectivity index (χ3v) is 6.72. The number of alkyl halides is 17. The molecule has 26 heteroatoms. The van der Waals surface area contributed by atoms with Crippen LogP contribution in [0.25, 0.3) is 0 Å². The van der Waals surface area contributed by atoms with Crippen molar-refractivity contribution >= 4 is 23.9 Å². The van der Waals surface area contributed by atoms with Gasteiger partial charge in [-0.1, -0.05) is 6.42 Å². The van der Waals surface area contributed by atoms with Gasteiger partial charge in [0, 0.05) is 13.0 Å². The summed E-state index contributed by atoms with van der Waals surface area (Å²) in [7, 11) is 0.615. The second-order valence-electron chi connectivity index (χ2n) is 13.5. The molecule has 0 aliphatic carbocycles. The minimum absolute atomic E-state index is 0.123. The van der Waals surface area contributed by atoms with E-state index in [0.717, 1.165) is 20.8 Å². The molecule has 0 heterocycles. The highest BCUT2D eigenvalue weighted by Gasteiger charge is 2.95. The Morgan fingerprint density at radius 3 is 1.33 bits per heavy atom. The van der Waals surface area contributed by atoms with E-state index in [0.29, 0.717) is 12.4 Å². The molecule has 0 spiro atoms. The van der Waals surface area contributed by atoms with Crippen LogP contribution in [0.5, 0.6) is 0 Å². The van der Waals surface area contributed by atoms with E-state index in [4.69, 9.17) is 4.74 Å². The molecule has 0 saturated carbocycles. The van der Waals surface area contributed by atoms with Gasteiger partial charge >= 0.3 is 65.8 Å². The maximum Gasteiger partial charge on any atom is 0.460 e. The number of hydrogen-bond donors (Lipinski definition) is 2. The SMILES string of the molecule is COC(=O)[C@H](CCCCNC(=O)OC(C)(C)C)CC(=O)C(NC(=O)OC(C)(C)C)C(F)(F)C(F)(F)C(F)(F)C(F)(F)C(F)(F)C(F)(F)C(F)(F)C(F)(F)F. The average molecular weight is 835 g/mol. The summed E-state index contributed by atoms with van der Waals surface area (Å²) in [4.78, 5) is 49.2. The minimum Gasteiger partial charge on any atom is -0.469 e. The van der Waals surface area contributed by atoms with Crippen molar-refractivity contribution in [2.24, 2.45) is 5.92 Å². The molecule has 2 N–H and O–H groups in total. The Hall–Kier alpha value is -3.51. The highest BCUT2D eigenvalue weighted by molar-refractivity contribution is 5.91. The zero-order chi connectivity index (χ0) is 43.5. The summed E-state index contributed by atoms with van der Waals surface area (Å²) in [6.45, 7) is 7.07. The van der Waals surface area contributed by atoms with Gasteiger partial charge < -0.3 is 24.8 Å². The number of unbranched alkanes of at least 4 members (excludes halogenated alkanes) is 1. The van der Waals surface area contributed by atoms with Gasteiger partial charge in [-0.2, -0.15) is 74.6 Å². The normalized spacial score (nSPS) is 15.6. The van der Waals surface area contributed by atoms with Gasteiger partial charge in [0.15, 0.2) is 11.8 Å². The predicted molar refractivity (Wildman–Crippen MR) is 147 cm³/mol. The lowest BCUT2D eigenvalue weighted by atomic mass is 9.84. The molecule has 0 fully saturated rings. The fourth-order valence-electron chi connectivity index (χ4n) is 4.01. The van der Waals surface area contributed by atoms with E-state index in [1.165, 1.54) is 20.8 Å². The highest BCUT2D eigenvalue weighted by Crippen LogP contribution is 2.64. The van der Waals surface area contributed by atoms with E-state index >= 15 is 8.78 Å². The highest BCUT2D eigenvalue weighted by atomic mass is 19.4. The zero-order valence-electron chi connectivity index (χ0n) is 29.0. The lowest BCUT2D eigenvalue weighted by molar-refractivity contribution is -0.462. The number of carbonyl (C=O) groups excluding carboxylic acids is 4. The number of amides is 2. The molecular formula is C28H35F17N2O7. The Balaban J connectivity index is 6.95. The third kappa shape index (κ3) is 10.6. The molecule has 0 aliphatic rings. The van der Waals surface area contributed by atoms with Crippen molar-refractivity contribution in [2.45, 2.75) is 132 Å². The van der Waals surface area contributed by atoms with Gasteiger partial charge in [-0.3, -0.25) is 9.59 Å². The largest absolute Gasteiger partial charge is 0.469 e. The maximum absolute atomic E-state index is 15.3. The second-order valence-corrected chi connectivity index (χ2v) is 13.5. The molecule has 0 aromatic carbocycles. The number of ketones is 1. The van der Waals surface area contributed by atoms with Crippen LogP contribution in [0.15, 0.2) is 0 Å². The average Bonchev–Trinajstić information content (AvgIpc) is 2.95. The number of rotatable bonds is 17. The summed E-state index contributed by atoms with van der Waals surface area (Å²) < 4.78 is 251. The van der Waals surface area contributed by atoms with Gasteiger partial charge in [-0.05, 0) is 54.4 Å². The van der Waals surface area contributed by atoms with Crippen LogP contribution in [0.4, 0.5) is 84.2 Å². The molecule has 1 unspecified atom stereocenters. The first kappa shape index (κ1) is 50.5. The standard InChI is InChI=1S/C28H35F17N2O7/c1-19(2,3)53-17(50)46-11-9-8-10-13(16(49)52-7)12-14(48)15(47-18(51)54-20(4,5)6)21(29,30)22(31,32)23(33,34)24(35,36)25(37,38)26(39,40)27(41,42)28(43,44)45/h13,15H,8-12H2,1-7H3,(H,46,50)(H,47,51)/t13-,15?/m1/s1. The molecule has 2 atom stereocenters. The summed E-state index contributed by atoms with van der Waals surface area (Å²) >= 11 is 0. The molecule has 0 aliphatic heterocycles. The fraction of sp³-hybridized carbons (Fsp3) is 0.857. The number of hydrogen-bond acceptors (Lipinski definition) is 7. The van der Waals surface area contributed by atoms with Crippen LogP contribution in [-0.2, 0) is 23.8 Å². The molecule has 0 radical (unpaired) electrons. The second kappa shape index (κ2) is 16.3. The number of ether oxygens (including phenoxy) is 3. The number of carbonyl (C=O) groups is 4. The summed E-state index contributed by atoms with van der Waals surface area (Å²) in [6.07, 6.45) is -14.2. The molecular weight excluding hydrogens is 799 g/mol.